The van der Waals surface area contributed by atoms with Gasteiger partial charge in [-0.25, -0.2) is 0 Å². The van der Waals surface area contributed by atoms with E-state index in [1.54, 1.807) is 6.92 Å². The second kappa shape index (κ2) is 4.97. The van der Waals surface area contributed by atoms with Crippen LogP contribution in [-0.4, -0.2) is 11.0 Å². The van der Waals surface area contributed by atoms with Gasteiger partial charge in [0, 0.05) is 11.6 Å². The summed E-state index contributed by atoms with van der Waals surface area (Å²) in [4.78, 5) is 12.3. The maximum Gasteiger partial charge on any atom is 0.227 e. The number of hydrogen-bond donors (Lipinski definition) is 2. The Morgan fingerprint density at radius 3 is 2.53 bits per heavy atom. The average molecular weight is 259 g/mol. The summed E-state index contributed by atoms with van der Waals surface area (Å²) in [7, 11) is 0. The summed E-state index contributed by atoms with van der Waals surface area (Å²) in [5.74, 6) is 1.80. The Kier molecular flexibility index (Phi) is 3.31. The highest BCUT2D eigenvalue weighted by molar-refractivity contribution is 5.93. The Hall–Kier alpha value is -1.35. The summed E-state index contributed by atoms with van der Waals surface area (Å²) in [6, 6.07) is 7.46. The monoisotopic (exact) mass is 259 g/mol. The molecule has 2 N–H and O–H groups in total. The Labute approximate surface area is 114 Å². The molecule has 19 heavy (non-hydrogen) atoms. The third-order valence-electron chi connectivity index (χ3n) is 4.74. The van der Waals surface area contributed by atoms with Crippen molar-refractivity contribution in [3.8, 4) is 0 Å². The highest BCUT2D eigenvalue weighted by Gasteiger charge is 2.42. The SMILES string of the molecule is CC(O)c1ccc(NC(=O)C2CC3CCC2C3)cc1. The van der Waals surface area contributed by atoms with Gasteiger partial charge in [0.15, 0.2) is 0 Å². The van der Waals surface area contributed by atoms with Crippen LogP contribution in [0.25, 0.3) is 0 Å². The van der Waals surface area contributed by atoms with Crippen molar-refractivity contribution in [2.24, 2.45) is 17.8 Å². The van der Waals surface area contributed by atoms with Crippen molar-refractivity contribution in [1.29, 1.82) is 0 Å². The second-order valence-corrected chi connectivity index (χ2v) is 6.07. The van der Waals surface area contributed by atoms with Crippen LogP contribution in [0.2, 0.25) is 0 Å². The molecule has 1 amide bonds. The number of rotatable bonds is 3. The molecule has 2 fully saturated rings. The smallest absolute Gasteiger partial charge is 0.227 e. The largest absolute Gasteiger partial charge is 0.389 e. The van der Waals surface area contributed by atoms with Gasteiger partial charge in [0.05, 0.1) is 6.10 Å². The van der Waals surface area contributed by atoms with Crippen LogP contribution in [-0.2, 0) is 4.79 Å². The van der Waals surface area contributed by atoms with Crippen LogP contribution in [0.1, 0.15) is 44.3 Å². The van der Waals surface area contributed by atoms with Crippen molar-refractivity contribution in [3.63, 3.8) is 0 Å². The minimum atomic E-state index is -0.463. The number of amides is 1. The van der Waals surface area contributed by atoms with Crippen molar-refractivity contribution < 1.29 is 9.90 Å². The zero-order valence-corrected chi connectivity index (χ0v) is 11.3. The van der Waals surface area contributed by atoms with Gasteiger partial charge >= 0.3 is 0 Å². The molecule has 3 heteroatoms. The summed E-state index contributed by atoms with van der Waals surface area (Å²) in [5, 5.41) is 12.5. The van der Waals surface area contributed by atoms with Gasteiger partial charge in [0.25, 0.3) is 0 Å². The lowest BCUT2D eigenvalue weighted by molar-refractivity contribution is -0.121. The highest BCUT2D eigenvalue weighted by Crippen LogP contribution is 2.48. The van der Waals surface area contributed by atoms with Crippen molar-refractivity contribution in [1.82, 2.24) is 0 Å². The molecule has 2 aliphatic rings. The zero-order valence-electron chi connectivity index (χ0n) is 11.3. The third kappa shape index (κ3) is 2.52. The van der Waals surface area contributed by atoms with Crippen LogP contribution >= 0.6 is 0 Å². The number of aliphatic hydroxyl groups is 1. The fourth-order valence-corrected chi connectivity index (χ4v) is 3.65. The minimum Gasteiger partial charge on any atom is -0.389 e. The van der Waals surface area contributed by atoms with E-state index in [1.165, 1.54) is 19.3 Å². The van der Waals surface area contributed by atoms with Crippen LogP contribution in [0.4, 0.5) is 5.69 Å². The number of hydrogen-bond acceptors (Lipinski definition) is 2. The number of aliphatic hydroxyl groups excluding tert-OH is 1. The fourth-order valence-electron chi connectivity index (χ4n) is 3.65. The van der Waals surface area contributed by atoms with Gasteiger partial charge < -0.3 is 10.4 Å². The molecule has 0 aromatic heterocycles. The molecule has 102 valence electrons. The molecule has 3 nitrogen and oxygen atoms in total. The number of anilines is 1. The van der Waals surface area contributed by atoms with E-state index >= 15 is 0 Å². The van der Waals surface area contributed by atoms with Gasteiger partial charge in [0.1, 0.15) is 0 Å². The first-order valence-corrected chi connectivity index (χ1v) is 7.22. The summed E-state index contributed by atoms with van der Waals surface area (Å²) in [5.41, 5.74) is 1.70. The van der Waals surface area contributed by atoms with Crippen LogP contribution in [0.5, 0.6) is 0 Å². The predicted molar refractivity (Wildman–Crippen MR) is 74.6 cm³/mol. The van der Waals surface area contributed by atoms with Crippen LogP contribution in [0, 0.1) is 17.8 Å². The minimum absolute atomic E-state index is 0.178. The van der Waals surface area contributed by atoms with E-state index in [0.29, 0.717) is 5.92 Å². The van der Waals surface area contributed by atoms with Crippen molar-refractivity contribution in [3.05, 3.63) is 29.8 Å². The first kappa shape index (κ1) is 12.7. The Morgan fingerprint density at radius 1 is 1.26 bits per heavy atom. The molecular formula is C16H21NO2. The Morgan fingerprint density at radius 2 is 2.00 bits per heavy atom. The van der Waals surface area contributed by atoms with Crippen molar-refractivity contribution in [2.75, 3.05) is 5.32 Å². The van der Waals surface area contributed by atoms with E-state index < -0.39 is 6.10 Å². The molecule has 0 spiro atoms. The molecule has 0 saturated heterocycles. The van der Waals surface area contributed by atoms with Gasteiger partial charge in [-0.3, -0.25) is 4.79 Å². The molecule has 0 aliphatic heterocycles. The normalized spacial score (nSPS) is 30.3. The highest BCUT2D eigenvalue weighted by atomic mass is 16.3. The molecule has 1 aromatic carbocycles. The molecule has 0 heterocycles. The second-order valence-electron chi connectivity index (χ2n) is 6.07. The van der Waals surface area contributed by atoms with Crippen molar-refractivity contribution in [2.45, 2.75) is 38.7 Å². The summed E-state index contributed by atoms with van der Waals surface area (Å²) < 4.78 is 0. The average Bonchev–Trinajstić information content (AvgIpc) is 3.01. The van der Waals surface area contributed by atoms with E-state index in [0.717, 1.165) is 23.6 Å². The van der Waals surface area contributed by atoms with Gasteiger partial charge in [-0.15, -0.1) is 0 Å². The number of carbonyl (C=O) groups is 1. The lowest BCUT2D eigenvalue weighted by Gasteiger charge is -2.20. The van der Waals surface area contributed by atoms with Gasteiger partial charge in [-0.1, -0.05) is 18.6 Å². The topological polar surface area (TPSA) is 49.3 Å². The van der Waals surface area contributed by atoms with E-state index in [2.05, 4.69) is 5.32 Å². The number of carbonyl (C=O) groups excluding carboxylic acids is 1. The van der Waals surface area contributed by atoms with Crippen LogP contribution < -0.4 is 5.32 Å². The molecule has 0 radical (unpaired) electrons. The molecule has 4 atom stereocenters. The summed E-state index contributed by atoms with van der Waals surface area (Å²) in [6.07, 6.45) is 4.40. The predicted octanol–water partition coefficient (Wildman–Crippen LogP) is 3.11. The fraction of sp³-hybridized carbons (Fsp3) is 0.562. The van der Waals surface area contributed by atoms with Crippen LogP contribution in [0.15, 0.2) is 24.3 Å². The molecule has 3 rings (SSSR count). The molecular weight excluding hydrogens is 238 g/mol. The zero-order chi connectivity index (χ0) is 13.4. The Bertz CT molecular complexity index is 466. The molecule has 2 aliphatic carbocycles. The molecule has 2 saturated carbocycles. The van der Waals surface area contributed by atoms with Gasteiger partial charge in [-0.05, 0) is 55.7 Å². The molecule has 2 bridgehead atoms. The number of benzene rings is 1. The van der Waals surface area contributed by atoms with E-state index in [1.807, 2.05) is 24.3 Å². The lowest BCUT2D eigenvalue weighted by Crippen LogP contribution is -2.27. The van der Waals surface area contributed by atoms with E-state index in [4.69, 9.17) is 0 Å². The quantitative estimate of drug-likeness (QED) is 0.876. The molecule has 4 unspecified atom stereocenters. The number of fused-ring (bicyclic) bond motifs is 2. The lowest BCUT2D eigenvalue weighted by atomic mass is 9.88. The van der Waals surface area contributed by atoms with Crippen LogP contribution in [0.3, 0.4) is 0 Å². The summed E-state index contributed by atoms with van der Waals surface area (Å²) in [6.45, 7) is 1.74. The van der Waals surface area contributed by atoms with Gasteiger partial charge in [0.2, 0.25) is 5.91 Å². The van der Waals surface area contributed by atoms with E-state index in [-0.39, 0.29) is 11.8 Å². The van der Waals surface area contributed by atoms with E-state index in [9.17, 15) is 9.90 Å². The summed E-state index contributed by atoms with van der Waals surface area (Å²) >= 11 is 0. The Balaban J connectivity index is 1.63. The molecule has 1 aromatic rings. The standard InChI is InChI=1S/C16H21NO2/c1-10(18)12-4-6-14(7-5-12)17-16(19)15-9-11-2-3-13(15)8-11/h4-7,10-11,13,15,18H,2-3,8-9H2,1H3,(H,17,19). The third-order valence-corrected chi connectivity index (χ3v) is 4.74. The van der Waals surface area contributed by atoms with Crippen molar-refractivity contribution >= 4 is 11.6 Å². The first-order valence-electron chi connectivity index (χ1n) is 7.22. The number of nitrogens with one attached hydrogen (secondary N) is 1. The van der Waals surface area contributed by atoms with Gasteiger partial charge in [-0.2, -0.15) is 0 Å². The first-order chi connectivity index (χ1) is 9.13. The maximum absolute atomic E-state index is 12.3. The maximum atomic E-state index is 12.3.